The predicted octanol–water partition coefficient (Wildman–Crippen LogP) is 3.17. The van der Waals surface area contributed by atoms with Gasteiger partial charge >= 0.3 is 0 Å². The first kappa shape index (κ1) is 22.3. The summed E-state index contributed by atoms with van der Waals surface area (Å²) in [5, 5.41) is 26.4. The van der Waals surface area contributed by atoms with Crippen molar-refractivity contribution in [1.29, 1.82) is 0 Å². The van der Waals surface area contributed by atoms with Crippen molar-refractivity contribution in [2.45, 2.75) is 76.5 Å². The van der Waals surface area contributed by atoms with Gasteiger partial charge in [-0.3, -0.25) is 4.79 Å². The van der Waals surface area contributed by atoms with E-state index in [1.165, 1.54) is 38.5 Å². The molecule has 4 atom stereocenters. The third-order valence-corrected chi connectivity index (χ3v) is 6.99. The van der Waals surface area contributed by atoms with Gasteiger partial charge in [-0.25, -0.2) is 0 Å². The van der Waals surface area contributed by atoms with Crippen LogP contribution >= 0.6 is 0 Å². The summed E-state index contributed by atoms with van der Waals surface area (Å²) in [7, 11) is 0. The minimum Gasteiger partial charge on any atom is -0.394 e. The van der Waals surface area contributed by atoms with E-state index in [1.807, 2.05) is 18.2 Å². The SMILES string of the molecule is CC1CCC(CC[C@@H]2CCN[C@H](C(=O)N[C@@H](CO)[C@@H](O)c3ccccc3)C2)CC1. The maximum Gasteiger partial charge on any atom is 0.237 e. The van der Waals surface area contributed by atoms with E-state index in [0.29, 0.717) is 11.5 Å². The molecule has 29 heavy (non-hydrogen) atoms. The molecule has 1 aromatic rings. The number of aliphatic hydroxyl groups is 2. The number of benzene rings is 1. The molecule has 5 heteroatoms. The van der Waals surface area contributed by atoms with Gasteiger partial charge in [-0.15, -0.1) is 0 Å². The van der Waals surface area contributed by atoms with Gasteiger partial charge in [-0.2, -0.15) is 0 Å². The molecule has 1 saturated carbocycles. The molecular weight excluding hydrogens is 364 g/mol. The van der Waals surface area contributed by atoms with E-state index in [2.05, 4.69) is 17.6 Å². The molecule has 0 aromatic heterocycles. The zero-order chi connectivity index (χ0) is 20.6. The Hall–Kier alpha value is -1.43. The van der Waals surface area contributed by atoms with Gasteiger partial charge in [0.2, 0.25) is 5.91 Å². The number of amides is 1. The maximum atomic E-state index is 12.8. The normalized spacial score (nSPS) is 29.8. The lowest BCUT2D eigenvalue weighted by molar-refractivity contribution is -0.126. The molecule has 0 bridgehead atoms. The van der Waals surface area contributed by atoms with Gasteiger partial charge in [-0.1, -0.05) is 75.8 Å². The molecule has 2 aliphatic rings. The molecule has 1 aliphatic carbocycles. The molecule has 2 fully saturated rings. The van der Waals surface area contributed by atoms with E-state index < -0.39 is 12.1 Å². The van der Waals surface area contributed by atoms with Crippen molar-refractivity contribution in [2.24, 2.45) is 17.8 Å². The van der Waals surface area contributed by atoms with Crippen LogP contribution < -0.4 is 10.6 Å². The zero-order valence-corrected chi connectivity index (χ0v) is 17.7. The second kappa shape index (κ2) is 11.1. The largest absolute Gasteiger partial charge is 0.394 e. The van der Waals surface area contributed by atoms with Crippen molar-refractivity contribution in [3.8, 4) is 0 Å². The summed E-state index contributed by atoms with van der Waals surface area (Å²) in [6.45, 7) is 2.92. The van der Waals surface area contributed by atoms with Crippen LogP contribution in [0.25, 0.3) is 0 Å². The fourth-order valence-corrected chi connectivity index (χ4v) is 4.94. The van der Waals surface area contributed by atoms with Crippen LogP contribution in [-0.2, 0) is 4.79 Å². The third kappa shape index (κ3) is 6.53. The van der Waals surface area contributed by atoms with Crippen LogP contribution in [-0.4, -0.2) is 41.4 Å². The number of aliphatic hydroxyl groups excluding tert-OH is 2. The summed E-state index contributed by atoms with van der Waals surface area (Å²) < 4.78 is 0. The minimum absolute atomic E-state index is 0.116. The molecule has 1 aromatic carbocycles. The van der Waals surface area contributed by atoms with Crippen LogP contribution in [0.2, 0.25) is 0 Å². The summed E-state index contributed by atoms with van der Waals surface area (Å²) in [6, 6.07) is 8.24. The Labute approximate surface area is 175 Å². The lowest BCUT2D eigenvalue weighted by Crippen LogP contribution is -2.53. The van der Waals surface area contributed by atoms with Crippen LogP contribution in [0.5, 0.6) is 0 Å². The molecular formula is C24H38N2O3. The fraction of sp³-hybridized carbons (Fsp3) is 0.708. The van der Waals surface area contributed by atoms with E-state index in [9.17, 15) is 15.0 Å². The molecule has 0 unspecified atom stereocenters. The lowest BCUT2D eigenvalue weighted by Gasteiger charge is -2.33. The molecule has 1 saturated heterocycles. The van der Waals surface area contributed by atoms with Gasteiger partial charge in [-0.05, 0) is 42.7 Å². The number of carbonyl (C=O) groups excluding carboxylic acids is 1. The zero-order valence-electron chi connectivity index (χ0n) is 17.7. The van der Waals surface area contributed by atoms with Gasteiger partial charge in [0, 0.05) is 0 Å². The number of piperidine rings is 1. The molecule has 0 spiro atoms. The molecule has 5 nitrogen and oxygen atoms in total. The van der Waals surface area contributed by atoms with Crippen LogP contribution in [0.3, 0.4) is 0 Å². The first-order chi connectivity index (χ1) is 14.1. The summed E-state index contributed by atoms with van der Waals surface area (Å²) in [5.41, 5.74) is 0.697. The van der Waals surface area contributed by atoms with Gasteiger partial charge in [0.1, 0.15) is 6.10 Å². The van der Waals surface area contributed by atoms with E-state index in [0.717, 1.165) is 31.2 Å². The van der Waals surface area contributed by atoms with Gasteiger partial charge in [0.15, 0.2) is 0 Å². The highest BCUT2D eigenvalue weighted by molar-refractivity contribution is 5.82. The van der Waals surface area contributed by atoms with Crippen molar-refractivity contribution in [2.75, 3.05) is 13.2 Å². The topological polar surface area (TPSA) is 81.6 Å². The highest BCUT2D eigenvalue weighted by atomic mass is 16.3. The Morgan fingerprint density at radius 1 is 1.10 bits per heavy atom. The first-order valence-corrected chi connectivity index (χ1v) is 11.4. The molecule has 162 valence electrons. The number of rotatable bonds is 8. The fourth-order valence-electron chi connectivity index (χ4n) is 4.94. The van der Waals surface area contributed by atoms with E-state index >= 15 is 0 Å². The third-order valence-electron chi connectivity index (χ3n) is 6.99. The van der Waals surface area contributed by atoms with Gasteiger partial charge in [0.25, 0.3) is 0 Å². The Bertz CT molecular complexity index is 616. The minimum atomic E-state index is -0.918. The van der Waals surface area contributed by atoms with Gasteiger partial charge in [0.05, 0.1) is 18.7 Å². The maximum absolute atomic E-state index is 12.8. The average molecular weight is 403 g/mol. The van der Waals surface area contributed by atoms with Crippen LogP contribution in [0.15, 0.2) is 30.3 Å². The molecule has 1 aliphatic heterocycles. The number of carbonyl (C=O) groups is 1. The summed E-state index contributed by atoms with van der Waals surface area (Å²) >= 11 is 0. The Kier molecular flexibility index (Phi) is 8.52. The van der Waals surface area contributed by atoms with Gasteiger partial charge < -0.3 is 20.8 Å². The monoisotopic (exact) mass is 402 g/mol. The second-order valence-electron chi connectivity index (χ2n) is 9.25. The Balaban J connectivity index is 1.47. The van der Waals surface area contributed by atoms with E-state index in [4.69, 9.17) is 0 Å². The standard InChI is InChI=1S/C24H38N2O3/c1-17-7-9-18(10-8-17)11-12-19-13-14-25-21(15-19)24(29)26-22(16-27)23(28)20-5-3-2-4-6-20/h2-6,17-19,21-23,25,27-28H,7-16H2,1H3,(H,26,29)/t17?,18?,19-,21+,22+,23+/m1/s1. The number of hydrogen-bond acceptors (Lipinski definition) is 4. The average Bonchev–Trinajstić information content (AvgIpc) is 2.77. The first-order valence-electron chi connectivity index (χ1n) is 11.4. The smallest absolute Gasteiger partial charge is 0.237 e. The number of nitrogens with one attached hydrogen (secondary N) is 2. The molecule has 1 heterocycles. The van der Waals surface area contributed by atoms with Crippen LogP contribution in [0.4, 0.5) is 0 Å². The summed E-state index contributed by atoms with van der Waals surface area (Å²) in [6.07, 6.45) is 9.02. The highest BCUT2D eigenvalue weighted by Crippen LogP contribution is 2.33. The Morgan fingerprint density at radius 2 is 1.79 bits per heavy atom. The molecule has 1 amide bonds. The van der Waals surface area contributed by atoms with Crippen molar-refractivity contribution in [3.63, 3.8) is 0 Å². The Morgan fingerprint density at radius 3 is 2.48 bits per heavy atom. The molecule has 0 radical (unpaired) electrons. The number of hydrogen-bond donors (Lipinski definition) is 4. The quantitative estimate of drug-likeness (QED) is 0.538. The van der Waals surface area contributed by atoms with Crippen molar-refractivity contribution < 1.29 is 15.0 Å². The second-order valence-corrected chi connectivity index (χ2v) is 9.25. The van der Waals surface area contributed by atoms with Crippen molar-refractivity contribution in [3.05, 3.63) is 35.9 Å². The molecule has 3 rings (SSSR count). The van der Waals surface area contributed by atoms with E-state index in [-0.39, 0.29) is 18.6 Å². The van der Waals surface area contributed by atoms with Crippen molar-refractivity contribution >= 4 is 5.91 Å². The highest BCUT2D eigenvalue weighted by Gasteiger charge is 2.30. The predicted molar refractivity (Wildman–Crippen MR) is 115 cm³/mol. The van der Waals surface area contributed by atoms with Crippen molar-refractivity contribution in [1.82, 2.24) is 10.6 Å². The van der Waals surface area contributed by atoms with E-state index in [1.54, 1.807) is 12.1 Å². The van der Waals surface area contributed by atoms with Crippen LogP contribution in [0.1, 0.15) is 70.0 Å². The van der Waals surface area contributed by atoms with Crippen LogP contribution in [0, 0.1) is 17.8 Å². The molecule has 4 N–H and O–H groups in total. The lowest BCUT2D eigenvalue weighted by atomic mass is 9.78. The summed E-state index contributed by atoms with van der Waals surface area (Å²) in [4.78, 5) is 12.8. The summed E-state index contributed by atoms with van der Waals surface area (Å²) in [5.74, 6) is 2.23.